The average molecular weight is 412 g/mol. The number of thioether (sulfide) groups is 1. The maximum atomic E-state index is 12.4. The van der Waals surface area contributed by atoms with Crippen LogP contribution in [0.4, 0.5) is 0 Å². The summed E-state index contributed by atoms with van der Waals surface area (Å²) >= 11 is 1.56. The summed E-state index contributed by atoms with van der Waals surface area (Å²) in [7, 11) is 0. The van der Waals surface area contributed by atoms with E-state index >= 15 is 0 Å². The summed E-state index contributed by atoms with van der Waals surface area (Å²) < 4.78 is 0. The Bertz CT molecular complexity index is 1290. The molecule has 3 N–H and O–H groups in total. The zero-order valence-corrected chi connectivity index (χ0v) is 17.3. The minimum atomic E-state index is -0.512. The van der Waals surface area contributed by atoms with Gasteiger partial charge in [-0.1, -0.05) is 66.7 Å². The van der Waals surface area contributed by atoms with E-state index in [1.807, 2.05) is 48.5 Å². The van der Waals surface area contributed by atoms with Gasteiger partial charge < -0.3 is 5.73 Å². The summed E-state index contributed by atoms with van der Waals surface area (Å²) in [5.74, 6) is -0.296. The molecule has 4 aromatic rings. The molecule has 4 nitrogen and oxygen atoms in total. The highest BCUT2D eigenvalue weighted by molar-refractivity contribution is 8.01. The number of carbonyl (C=O) groups excluding carboxylic acids is 1. The fourth-order valence-corrected chi connectivity index (χ4v) is 5.83. The van der Waals surface area contributed by atoms with Crippen LogP contribution in [-0.4, -0.2) is 21.4 Å². The predicted octanol–water partition coefficient (Wildman–Crippen LogP) is 5.00. The minimum absolute atomic E-state index is 0.296. The van der Waals surface area contributed by atoms with Gasteiger partial charge in [0, 0.05) is 15.7 Å². The summed E-state index contributed by atoms with van der Waals surface area (Å²) in [4.78, 5) is 13.5. The van der Waals surface area contributed by atoms with E-state index in [1.54, 1.807) is 11.8 Å². The Morgan fingerprint density at radius 1 is 1.00 bits per heavy atom. The van der Waals surface area contributed by atoms with E-state index in [-0.39, 0.29) is 11.2 Å². The van der Waals surface area contributed by atoms with Gasteiger partial charge in [-0.25, -0.2) is 0 Å². The molecule has 0 bridgehead atoms. The van der Waals surface area contributed by atoms with Gasteiger partial charge in [-0.15, -0.1) is 11.8 Å². The van der Waals surface area contributed by atoms with Gasteiger partial charge in [0.1, 0.15) is 5.25 Å². The molecule has 0 radical (unpaired) electrons. The Kier molecular flexibility index (Phi) is 4.48. The summed E-state index contributed by atoms with van der Waals surface area (Å²) in [5.41, 5.74) is 10.5. The van der Waals surface area contributed by atoms with Crippen molar-refractivity contribution in [3.8, 4) is 0 Å². The molecule has 0 aliphatic carbocycles. The quantitative estimate of drug-likeness (QED) is 0.496. The molecule has 1 aromatic heterocycles. The largest absolute Gasteiger partial charge is 0.369 e. The summed E-state index contributed by atoms with van der Waals surface area (Å²) in [5, 5.41) is 8.23. The van der Waals surface area contributed by atoms with Crippen molar-refractivity contribution in [1.29, 1.82) is 0 Å². The van der Waals surface area contributed by atoms with Crippen LogP contribution in [0.5, 0.6) is 0 Å². The number of rotatable bonds is 4. The third kappa shape index (κ3) is 2.85. The summed E-state index contributed by atoms with van der Waals surface area (Å²) in [6.07, 6.45) is 4.10. The molecule has 5 heteroatoms. The van der Waals surface area contributed by atoms with E-state index in [9.17, 15) is 4.79 Å². The summed E-state index contributed by atoms with van der Waals surface area (Å²) in [6, 6.07) is 24.5. The molecule has 0 saturated heterocycles. The molecule has 3 aromatic carbocycles. The fraction of sp³-hybridized carbons (Fsp3) is 0.120. The van der Waals surface area contributed by atoms with Crippen LogP contribution in [0.25, 0.3) is 23.1 Å². The van der Waals surface area contributed by atoms with Gasteiger partial charge in [-0.3, -0.25) is 9.89 Å². The van der Waals surface area contributed by atoms with E-state index in [2.05, 4.69) is 53.5 Å². The van der Waals surface area contributed by atoms with Gasteiger partial charge in [0.15, 0.2) is 0 Å². The number of aromatic nitrogens is 2. The van der Waals surface area contributed by atoms with Gasteiger partial charge >= 0.3 is 0 Å². The maximum absolute atomic E-state index is 12.4. The molecule has 0 spiro atoms. The number of nitrogens with zero attached hydrogens (tertiary/aromatic N) is 1. The molecule has 0 fully saturated rings. The topological polar surface area (TPSA) is 71.8 Å². The van der Waals surface area contributed by atoms with Gasteiger partial charge in [0.2, 0.25) is 5.91 Å². The van der Waals surface area contributed by atoms with Gasteiger partial charge in [0.25, 0.3) is 0 Å². The predicted molar refractivity (Wildman–Crippen MR) is 123 cm³/mol. The molecule has 30 heavy (non-hydrogen) atoms. The van der Waals surface area contributed by atoms with E-state index < -0.39 is 5.41 Å². The molecule has 1 aliphatic heterocycles. The molecular formula is C25H21N3OS. The highest BCUT2D eigenvalue weighted by Gasteiger charge is 2.48. The number of aromatic amines is 1. The number of nitrogens with one attached hydrogen (secondary N) is 1. The van der Waals surface area contributed by atoms with Crippen LogP contribution >= 0.6 is 11.8 Å². The smallest absolute Gasteiger partial charge is 0.232 e. The van der Waals surface area contributed by atoms with Crippen molar-refractivity contribution >= 4 is 40.7 Å². The van der Waals surface area contributed by atoms with Crippen LogP contribution in [0, 0.1) is 0 Å². The number of H-pyrrole nitrogens is 1. The normalized spacial score (nSPS) is 20.6. The lowest BCUT2D eigenvalue weighted by molar-refractivity contribution is -0.118. The lowest BCUT2D eigenvalue weighted by Gasteiger charge is -2.32. The number of para-hydroxylation sites is 1. The minimum Gasteiger partial charge on any atom is -0.369 e. The van der Waals surface area contributed by atoms with Crippen molar-refractivity contribution in [2.45, 2.75) is 22.5 Å². The number of hydrogen-bond acceptors (Lipinski definition) is 3. The zero-order valence-electron chi connectivity index (χ0n) is 16.5. The number of carbonyl (C=O) groups is 1. The van der Waals surface area contributed by atoms with E-state index in [4.69, 9.17) is 5.73 Å². The van der Waals surface area contributed by atoms with Crippen molar-refractivity contribution in [2.24, 2.45) is 5.73 Å². The highest BCUT2D eigenvalue weighted by Crippen LogP contribution is 2.53. The molecule has 5 rings (SSSR count). The van der Waals surface area contributed by atoms with E-state index in [0.717, 1.165) is 38.2 Å². The van der Waals surface area contributed by atoms with E-state index in [1.165, 1.54) is 0 Å². The lowest BCUT2D eigenvalue weighted by atomic mass is 9.71. The second-order valence-electron chi connectivity index (χ2n) is 7.67. The Morgan fingerprint density at radius 3 is 2.53 bits per heavy atom. The van der Waals surface area contributed by atoms with Crippen LogP contribution < -0.4 is 5.73 Å². The number of primary amides is 1. The molecule has 1 amide bonds. The number of amides is 1. The van der Waals surface area contributed by atoms with Gasteiger partial charge in [-0.2, -0.15) is 5.10 Å². The number of benzene rings is 3. The van der Waals surface area contributed by atoms with Crippen LogP contribution in [0.15, 0.2) is 77.7 Å². The highest BCUT2D eigenvalue weighted by atomic mass is 32.2. The molecule has 1 aliphatic rings. The molecule has 0 saturated carbocycles. The molecule has 2 heterocycles. The lowest BCUT2D eigenvalue weighted by Crippen LogP contribution is -2.41. The van der Waals surface area contributed by atoms with Crippen molar-refractivity contribution in [2.75, 3.05) is 0 Å². The van der Waals surface area contributed by atoms with Crippen molar-refractivity contribution in [3.63, 3.8) is 0 Å². The Morgan fingerprint density at radius 2 is 1.70 bits per heavy atom. The van der Waals surface area contributed by atoms with Gasteiger partial charge in [0.05, 0.1) is 11.2 Å². The van der Waals surface area contributed by atoms with Crippen LogP contribution in [-0.2, 0) is 10.2 Å². The molecule has 2 unspecified atom stereocenters. The van der Waals surface area contributed by atoms with Crippen LogP contribution in [0.2, 0.25) is 0 Å². The first-order valence-corrected chi connectivity index (χ1v) is 10.7. The standard InChI is InChI=1S/C25H21N3OS/c1-25(19-11-5-7-13-22(19)30-23(25)24(26)29)18-10-4-2-8-16(18)14-15-21-17-9-3-6-12-20(17)27-28-21/h2-15,23H,1H3,(H2,26,29)(H,27,28)/b15-14+. The van der Waals surface area contributed by atoms with Crippen molar-refractivity contribution in [1.82, 2.24) is 10.2 Å². The second-order valence-corrected chi connectivity index (χ2v) is 8.82. The number of fused-ring (bicyclic) bond motifs is 2. The van der Waals surface area contributed by atoms with Crippen molar-refractivity contribution < 1.29 is 4.79 Å². The molecular weight excluding hydrogens is 390 g/mol. The van der Waals surface area contributed by atoms with E-state index in [0.29, 0.717) is 0 Å². The number of hydrogen-bond donors (Lipinski definition) is 2. The first-order chi connectivity index (χ1) is 14.6. The summed E-state index contributed by atoms with van der Waals surface area (Å²) in [6.45, 7) is 2.12. The maximum Gasteiger partial charge on any atom is 0.232 e. The van der Waals surface area contributed by atoms with Crippen LogP contribution in [0.1, 0.15) is 29.3 Å². The Labute approximate surface area is 179 Å². The fourth-order valence-electron chi connectivity index (χ4n) is 4.41. The number of nitrogens with two attached hydrogens (primary N) is 1. The SMILES string of the molecule is CC1(c2ccccc2/C=C/c2n[nH]c3ccccc23)c2ccccc2SC1C(N)=O. The third-order valence-corrected chi connectivity index (χ3v) is 7.46. The first-order valence-electron chi connectivity index (χ1n) is 9.85. The Hall–Kier alpha value is -3.31. The molecule has 148 valence electrons. The molecule has 2 atom stereocenters. The zero-order chi connectivity index (χ0) is 20.7. The third-order valence-electron chi connectivity index (χ3n) is 5.92. The monoisotopic (exact) mass is 411 g/mol. The van der Waals surface area contributed by atoms with Crippen molar-refractivity contribution in [3.05, 3.63) is 95.2 Å². The average Bonchev–Trinajstić information content (AvgIpc) is 3.32. The van der Waals surface area contributed by atoms with Crippen LogP contribution in [0.3, 0.4) is 0 Å². The first kappa shape index (κ1) is 18.7. The second kappa shape index (κ2) is 7.18. The van der Waals surface area contributed by atoms with Gasteiger partial charge in [-0.05, 0) is 41.8 Å². The Balaban J connectivity index is 1.63.